The molecule has 0 saturated carbocycles. The van der Waals surface area contributed by atoms with Crippen LogP contribution in [0.1, 0.15) is 17.5 Å². The van der Waals surface area contributed by atoms with Crippen LogP contribution < -0.4 is 18.9 Å². The largest absolute Gasteiger partial charge is 0.492 e. The third kappa shape index (κ3) is 3.30. The van der Waals surface area contributed by atoms with Gasteiger partial charge in [0.2, 0.25) is 18.3 Å². The molecule has 2 aromatic carbocycles. The number of oxime groups is 1. The van der Waals surface area contributed by atoms with Crippen molar-refractivity contribution >= 4 is 33.2 Å². The molecule has 1 atom stereocenters. The number of fused-ring (bicyclic) bond motifs is 1. The Morgan fingerprint density at radius 3 is 2.52 bits per heavy atom. The van der Waals surface area contributed by atoms with Crippen LogP contribution in [0.2, 0.25) is 5.02 Å². The lowest BCUT2D eigenvalue weighted by Crippen LogP contribution is -2.13. The maximum Gasteiger partial charge on any atom is 0.231 e. The van der Waals surface area contributed by atoms with Crippen LogP contribution in [0.25, 0.3) is 0 Å². The van der Waals surface area contributed by atoms with Crippen molar-refractivity contribution in [3.63, 3.8) is 0 Å². The Morgan fingerprint density at radius 2 is 1.81 bits per heavy atom. The van der Waals surface area contributed by atoms with Crippen molar-refractivity contribution in [2.45, 2.75) is 18.9 Å². The van der Waals surface area contributed by atoms with Crippen molar-refractivity contribution in [3.8, 4) is 23.0 Å². The Bertz CT molecular complexity index is 900. The maximum absolute atomic E-state index is 5.96. The lowest BCUT2D eigenvalue weighted by atomic mass is 9.99. The van der Waals surface area contributed by atoms with Gasteiger partial charge in [-0.1, -0.05) is 28.9 Å². The molecule has 0 fully saturated rings. The summed E-state index contributed by atoms with van der Waals surface area (Å²) in [6.07, 6.45) is 1.11. The van der Waals surface area contributed by atoms with E-state index in [1.54, 1.807) is 14.2 Å². The zero-order chi connectivity index (χ0) is 19.0. The summed E-state index contributed by atoms with van der Waals surface area (Å²) in [4.78, 5) is 5.67. The van der Waals surface area contributed by atoms with Gasteiger partial charge < -0.3 is 23.8 Å². The molecule has 2 aliphatic rings. The van der Waals surface area contributed by atoms with E-state index < -0.39 is 0 Å². The molecule has 0 saturated heterocycles. The van der Waals surface area contributed by atoms with Crippen LogP contribution in [0.15, 0.2) is 33.9 Å². The topological polar surface area (TPSA) is 58.5 Å². The average molecular weight is 455 g/mol. The summed E-state index contributed by atoms with van der Waals surface area (Å²) in [6.45, 7) is 0.140. The van der Waals surface area contributed by atoms with Gasteiger partial charge in [0.15, 0.2) is 11.5 Å². The molecule has 2 aliphatic heterocycles. The van der Waals surface area contributed by atoms with E-state index in [0.717, 1.165) is 21.3 Å². The molecule has 2 heterocycles. The van der Waals surface area contributed by atoms with Gasteiger partial charge in [-0.15, -0.1) is 0 Å². The molecule has 0 spiro atoms. The van der Waals surface area contributed by atoms with E-state index in [0.29, 0.717) is 40.9 Å². The number of methoxy groups -OCH3 is 2. The van der Waals surface area contributed by atoms with Gasteiger partial charge in [-0.3, -0.25) is 0 Å². The molecule has 8 heteroatoms. The van der Waals surface area contributed by atoms with Gasteiger partial charge in [0, 0.05) is 23.4 Å². The molecule has 6 nitrogen and oxygen atoms in total. The standard InChI is InChI=1S/C19H17BrClNO5/c1-23-16-13(15(20)17-19(18(16)24-2)26-9-25-17)7-12-8-14(22-27-12)10-3-5-11(21)6-4-10/h3-6,12H,7-9H2,1-2H3/t12-/m1/s1. The third-order valence-electron chi connectivity index (χ3n) is 4.51. The minimum absolute atomic E-state index is 0.133. The van der Waals surface area contributed by atoms with E-state index in [1.807, 2.05) is 24.3 Å². The summed E-state index contributed by atoms with van der Waals surface area (Å²) < 4.78 is 23.0. The number of benzene rings is 2. The monoisotopic (exact) mass is 453 g/mol. The second-order valence-corrected chi connectivity index (χ2v) is 7.33. The Kier molecular flexibility index (Phi) is 5.06. The van der Waals surface area contributed by atoms with Gasteiger partial charge in [0.05, 0.1) is 24.4 Å². The second-order valence-electron chi connectivity index (χ2n) is 6.10. The van der Waals surface area contributed by atoms with Crippen LogP contribution in [0.4, 0.5) is 0 Å². The third-order valence-corrected chi connectivity index (χ3v) is 5.60. The molecule has 0 radical (unpaired) electrons. The number of nitrogens with zero attached hydrogens (tertiary/aromatic N) is 1. The van der Waals surface area contributed by atoms with Crippen molar-refractivity contribution in [3.05, 3.63) is 44.9 Å². The first kappa shape index (κ1) is 18.3. The highest BCUT2D eigenvalue weighted by atomic mass is 79.9. The summed E-state index contributed by atoms with van der Waals surface area (Å²) in [7, 11) is 3.17. The zero-order valence-corrected chi connectivity index (χ0v) is 17.1. The zero-order valence-electron chi connectivity index (χ0n) is 14.8. The van der Waals surface area contributed by atoms with Crippen molar-refractivity contribution in [1.82, 2.24) is 0 Å². The molecule has 4 rings (SSSR count). The highest BCUT2D eigenvalue weighted by molar-refractivity contribution is 9.10. The average Bonchev–Trinajstić information content (AvgIpc) is 3.34. The van der Waals surface area contributed by atoms with Crippen molar-refractivity contribution in [2.75, 3.05) is 21.0 Å². The SMILES string of the molecule is COc1c(C[C@@H]2CC(c3ccc(Cl)cc3)=NO2)c(Br)c2c(c1OC)OCO2. The number of hydrogen-bond donors (Lipinski definition) is 0. The fraction of sp³-hybridized carbons (Fsp3) is 0.316. The van der Waals surface area contributed by atoms with Crippen molar-refractivity contribution in [1.29, 1.82) is 0 Å². The molecular formula is C19H17BrClNO5. The maximum atomic E-state index is 5.96. The first-order valence-electron chi connectivity index (χ1n) is 8.33. The number of rotatable bonds is 5. The Morgan fingerprint density at radius 1 is 1.11 bits per heavy atom. The Balaban J connectivity index is 1.60. The van der Waals surface area contributed by atoms with E-state index in [9.17, 15) is 0 Å². The van der Waals surface area contributed by atoms with Crippen molar-refractivity contribution < 1.29 is 23.8 Å². The number of ether oxygens (including phenoxy) is 4. The summed E-state index contributed by atoms with van der Waals surface area (Å²) >= 11 is 9.57. The molecule has 0 aromatic heterocycles. The number of hydrogen-bond acceptors (Lipinski definition) is 6. The highest BCUT2D eigenvalue weighted by Gasteiger charge is 2.33. The van der Waals surface area contributed by atoms with E-state index in [4.69, 9.17) is 35.4 Å². The van der Waals surface area contributed by atoms with E-state index >= 15 is 0 Å². The fourth-order valence-electron chi connectivity index (χ4n) is 3.25. The van der Waals surface area contributed by atoms with Gasteiger partial charge >= 0.3 is 0 Å². The van der Waals surface area contributed by atoms with Crippen LogP contribution >= 0.6 is 27.5 Å². The Labute approximate surface area is 170 Å². The normalized spacial score (nSPS) is 17.5. The van der Waals surface area contributed by atoms with Gasteiger partial charge in [-0.05, 0) is 33.6 Å². The van der Waals surface area contributed by atoms with E-state index in [-0.39, 0.29) is 12.9 Å². The molecular weight excluding hydrogens is 438 g/mol. The van der Waals surface area contributed by atoms with Crippen LogP contribution in [0.3, 0.4) is 0 Å². The predicted octanol–water partition coefficient (Wildman–Crippen LogP) is 4.58. The van der Waals surface area contributed by atoms with Crippen LogP contribution in [-0.4, -0.2) is 32.8 Å². The molecule has 0 bridgehead atoms. The van der Waals surface area contributed by atoms with Crippen molar-refractivity contribution in [2.24, 2.45) is 5.16 Å². The van der Waals surface area contributed by atoms with Crippen LogP contribution in [-0.2, 0) is 11.3 Å². The van der Waals surface area contributed by atoms with Gasteiger partial charge in [0.25, 0.3) is 0 Å². The summed E-state index contributed by atoms with van der Waals surface area (Å²) in [5.41, 5.74) is 2.77. The molecule has 27 heavy (non-hydrogen) atoms. The second kappa shape index (κ2) is 7.48. The molecule has 0 amide bonds. The highest BCUT2D eigenvalue weighted by Crippen LogP contribution is 2.54. The molecule has 0 unspecified atom stereocenters. The summed E-state index contributed by atoms with van der Waals surface area (Å²) in [5.74, 6) is 2.26. The summed E-state index contributed by atoms with van der Waals surface area (Å²) in [5, 5.41) is 4.93. The minimum atomic E-state index is -0.133. The predicted molar refractivity (Wildman–Crippen MR) is 105 cm³/mol. The van der Waals surface area contributed by atoms with E-state index in [1.165, 1.54) is 0 Å². The molecule has 0 aliphatic carbocycles. The molecule has 142 valence electrons. The molecule has 2 aromatic rings. The summed E-state index contributed by atoms with van der Waals surface area (Å²) in [6, 6.07) is 7.56. The van der Waals surface area contributed by atoms with E-state index in [2.05, 4.69) is 21.1 Å². The lowest BCUT2D eigenvalue weighted by Gasteiger charge is -2.18. The first-order valence-corrected chi connectivity index (χ1v) is 9.50. The number of halogens is 2. The lowest BCUT2D eigenvalue weighted by molar-refractivity contribution is 0.0852. The Hall–Kier alpha value is -2.12. The fourth-order valence-corrected chi connectivity index (χ4v) is 4.01. The van der Waals surface area contributed by atoms with Gasteiger partial charge in [-0.25, -0.2) is 0 Å². The van der Waals surface area contributed by atoms with Gasteiger partial charge in [0.1, 0.15) is 6.10 Å². The quantitative estimate of drug-likeness (QED) is 0.662. The smallest absolute Gasteiger partial charge is 0.231 e. The van der Waals surface area contributed by atoms with Crippen LogP contribution in [0, 0.1) is 0 Å². The van der Waals surface area contributed by atoms with Crippen LogP contribution in [0.5, 0.6) is 23.0 Å². The first-order chi connectivity index (χ1) is 13.1. The molecule has 0 N–H and O–H groups in total. The van der Waals surface area contributed by atoms with Gasteiger partial charge in [-0.2, -0.15) is 0 Å². The minimum Gasteiger partial charge on any atom is -0.492 e.